The van der Waals surface area contributed by atoms with Crippen LogP contribution in [0.2, 0.25) is 0 Å². The first-order valence-corrected chi connectivity index (χ1v) is 7.64. The van der Waals surface area contributed by atoms with E-state index in [4.69, 9.17) is 4.74 Å². The van der Waals surface area contributed by atoms with Crippen molar-refractivity contribution in [2.75, 3.05) is 33.8 Å². The van der Waals surface area contributed by atoms with Gasteiger partial charge in [0.15, 0.2) is 0 Å². The summed E-state index contributed by atoms with van der Waals surface area (Å²) in [5.74, 6) is 0.965. The van der Waals surface area contributed by atoms with Crippen molar-refractivity contribution in [1.82, 2.24) is 10.2 Å². The van der Waals surface area contributed by atoms with E-state index in [9.17, 15) is 0 Å². The largest absolute Gasteiger partial charge is 0.492 e. The molecule has 108 valence electrons. The predicted molar refractivity (Wildman–Crippen MR) is 84.9 cm³/mol. The molecule has 0 radical (unpaired) electrons. The Labute approximate surface area is 125 Å². The van der Waals surface area contributed by atoms with Gasteiger partial charge in [-0.15, -0.1) is 0 Å². The second-order valence-corrected chi connectivity index (χ2v) is 5.93. The summed E-state index contributed by atoms with van der Waals surface area (Å²) >= 11 is 3.51. The molecule has 0 fully saturated rings. The number of likely N-dealkylation sites (N-methyl/N-ethyl adjacent to an activating group) is 1. The van der Waals surface area contributed by atoms with Gasteiger partial charge in [-0.05, 0) is 46.1 Å². The van der Waals surface area contributed by atoms with Crippen molar-refractivity contribution >= 4 is 15.9 Å². The highest BCUT2D eigenvalue weighted by atomic mass is 79.9. The lowest BCUT2D eigenvalue weighted by Gasteiger charge is -2.19. The van der Waals surface area contributed by atoms with Crippen molar-refractivity contribution in [2.45, 2.75) is 26.3 Å². The molecule has 0 spiro atoms. The normalized spacial score (nSPS) is 12.7. The van der Waals surface area contributed by atoms with E-state index in [0.29, 0.717) is 12.6 Å². The summed E-state index contributed by atoms with van der Waals surface area (Å²) in [6.07, 6.45) is 1.14. The molecule has 3 nitrogen and oxygen atoms in total. The fraction of sp³-hybridized carbons (Fsp3) is 0.600. The summed E-state index contributed by atoms with van der Waals surface area (Å²) < 4.78 is 6.97. The molecule has 19 heavy (non-hydrogen) atoms. The van der Waals surface area contributed by atoms with E-state index in [-0.39, 0.29) is 0 Å². The minimum Gasteiger partial charge on any atom is -0.492 e. The van der Waals surface area contributed by atoms with Crippen LogP contribution in [0.15, 0.2) is 22.7 Å². The van der Waals surface area contributed by atoms with Gasteiger partial charge in [0.25, 0.3) is 0 Å². The Kier molecular flexibility index (Phi) is 7.42. The third-order valence-electron chi connectivity index (χ3n) is 2.94. The van der Waals surface area contributed by atoms with E-state index in [2.05, 4.69) is 72.3 Å². The number of benzene rings is 1. The molecule has 0 aromatic heterocycles. The van der Waals surface area contributed by atoms with E-state index in [0.717, 1.165) is 29.7 Å². The summed E-state index contributed by atoms with van der Waals surface area (Å²) in [6, 6.07) is 6.55. The van der Waals surface area contributed by atoms with E-state index in [1.165, 1.54) is 5.56 Å². The summed E-state index contributed by atoms with van der Waals surface area (Å²) in [5, 5.41) is 3.50. The van der Waals surface area contributed by atoms with E-state index in [1.54, 1.807) is 0 Å². The maximum absolute atomic E-state index is 5.92. The molecule has 4 heteroatoms. The number of halogens is 1. The molecule has 1 atom stereocenters. The maximum atomic E-state index is 5.92. The standard InChI is InChI=1S/C15H25BrN2O/c1-5-8-17-12(2)14-7-6-13(16)11-15(14)19-10-9-18(3)4/h6-7,11-12,17H,5,8-10H2,1-4H3. The second kappa shape index (κ2) is 8.56. The van der Waals surface area contributed by atoms with E-state index < -0.39 is 0 Å². The molecule has 0 aliphatic carbocycles. The fourth-order valence-electron chi connectivity index (χ4n) is 1.80. The number of nitrogens with zero attached hydrogens (tertiary/aromatic N) is 1. The van der Waals surface area contributed by atoms with Crippen LogP contribution >= 0.6 is 15.9 Å². The van der Waals surface area contributed by atoms with Gasteiger partial charge in [-0.25, -0.2) is 0 Å². The van der Waals surface area contributed by atoms with Crippen LogP contribution in [0.1, 0.15) is 31.9 Å². The Bertz CT molecular complexity index is 382. The molecule has 0 saturated heterocycles. The zero-order valence-corrected chi connectivity index (χ0v) is 14.0. The third-order valence-corrected chi connectivity index (χ3v) is 3.43. The van der Waals surface area contributed by atoms with Crippen LogP contribution in [0, 0.1) is 0 Å². The van der Waals surface area contributed by atoms with Gasteiger partial charge in [-0.3, -0.25) is 0 Å². The third kappa shape index (κ3) is 5.93. The van der Waals surface area contributed by atoms with Crippen LogP contribution < -0.4 is 10.1 Å². The Balaban J connectivity index is 2.73. The quantitative estimate of drug-likeness (QED) is 0.791. The molecule has 1 unspecified atom stereocenters. The van der Waals surface area contributed by atoms with Gasteiger partial charge in [0.1, 0.15) is 12.4 Å². The van der Waals surface area contributed by atoms with Crippen LogP contribution in [0.25, 0.3) is 0 Å². The van der Waals surface area contributed by atoms with E-state index in [1.807, 2.05) is 0 Å². The Morgan fingerprint density at radius 1 is 1.37 bits per heavy atom. The molecule has 1 N–H and O–H groups in total. The highest BCUT2D eigenvalue weighted by Gasteiger charge is 2.11. The Morgan fingerprint density at radius 3 is 2.74 bits per heavy atom. The van der Waals surface area contributed by atoms with Crippen molar-refractivity contribution < 1.29 is 4.74 Å². The molecule has 1 aromatic rings. The van der Waals surface area contributed by atoms with E-state index >= 15 is 0 Å². The smallest absolute Gasteiger partial charge is 0.125 e. The second-order valence-electron chi connectivity index (χ2n) is 5.01. The number of nitrogens with one attached hydrogen (secondary N) is 1. The van der Waals surface area contributed by atoms with Gasteiger partial charge in [0, 0.05) is 22.6 Å². The molecule has 0 aliphatic rings. The van der Waals surface area contributed by atoms with Gasteiger partial charge in [-0.1, -0.05) is 28.9 Å². The number of ether oxygens (including phenoxy) is 1. The van der Waals surface area contributed by atoms with Crippen molar-refractivity contribution in [1.29, 1.82) is 0 Å². The lowest BCUT2D eigenvalue weighted by atomic mass is 10.1. The van der Waals surface area contributed by atoms with Gasteiger partial charge in [-0.2, -0.15) is 0 Å². The van der Waals surface area contributed by atoms with Gasteiger partial charge in [0.05, 0.1) is 0 Å². The minimum atomic E-state index is 0.308. The van der Waals surface area contributed by atoms with Gasteiger partial charge < -0.3 is 15.0 Å². The van der Waals surface area contributed by atoms with Crippen molar-refractivity contribution in [3.63, 3.8) is 0 Å². The fourth-order valence-corrected chi connectivity index (χ4v) is 2.14. The number of hydrogen-bond donors (Lipinski definition) is 1. The van der Waals surface area contributed by atoms with Gasteiger partial charge >= 0.3 is 0 Å². The SMILES string of the molecule is CCCNC(C)c1ccc(Br)cc1OCCN(C)C. The zero-order chi connectivity index (χ0) is 14.3. The highest BCUT2D eigenvalue weighted by Crippen LogP contribution is 2.28. The zero-order valence-electron chi connectivity index (χ0n) is 12.4. The summed E-state index contributed by atoms with van der Waals surface area (Å²) in [7, 11) is 4.10. The molecule has 0 saturated carbocycles. The first-order chi connectivity index (χ1) is 9.04. The van der Waals surface area contributed by atoms with Gasteiger partial charge in [0.2, 0.25) is 0 Å². The number of rotatable bonds is 8. The Morgan fingerprint density at radius 2 is 2.11 bits per heavy atom. The lowest BCUT2D eigenvalue weighted by Crippen LogP contribution is -2.22. The molecule has 0 amide bonds. The molecular formula is C15H25BrN2O. The van der Waals surface area contributed by atoms with Crippen LogP contribution in [0.4, 0.5) is 0 Å². The summed E-state index contributed by atoms with van der Waals surface area (Å²) in [4.78, 5) is 2.12. The van der Waals surface area contributed by atoms with Crippen molar-refractivity contribution in [3.05, 3.63) is 28.2 Å². The molecule has 0 aliphatic heterocycles. The molecular weight excluding hydrogens is 304 g/mol. The predicted octanol–water partition coefficient (Wildman–Crippen LogP) is 3.45. The van der Waals surface area contributed by atoms with Crippen LogP contribution in [-0.4, -0.2) is 38.7 Å². The summed E-state index contributed by atoms with van der Waals surface area (Å²) in [6.45, 7) is 7.00. The topological polar surface area (TPSA) is 24.5 Å². The van der Waals surface area contributed by atoms with Crippen LogP contribution in [0.3, 0.4) is 0 Å². The first-order valence-electron chi connectivity index (χ1n) is 6.85. The molecule has 0 bridgehead atoms. The number of hydrogen-bond acceptors (Lipinski definition) is 3. The lowest BCUT2D eigenvalue weighted by molar-refractivity contribution is 0.258. The average molecular weight is 329 g/mol. The maximum Gasteiger partial charge on any atom is 0.125 e. The van der Waals surface area contributed by atoms with Crippen LogP contribution in [-0.2, 0) is 0 Å². The molecule has 0 heterocycles. The Hall–Kier alpha value is -0.580. The van der Waals surface area contributed by atoms with Crippen molar-refractivity contribution in [2.24, 2.45) is 0 Å². The monoisotopic (exact) mass is 328 g/mol. The minimum absolute atomic E-state index is 0.308. The molecule has 1 aromatic carbocycles. The summed E-state index contributed by atoms with van der Waals surface area (Å²) in [5.41, 5.74) is 1.22. The van der Waals surface area contributed by atoms with Crippen LogP contribution in [0.5, 0.6) is 5.75 Å². The average Bonchev–Trinajstić information content (AvgIpc) is 2.35. The highest BCUT2D eigenvalue weighted by molar-refractivity contribution is 9.10. The van der Waals surface area contributed by atoms with Crippen molar-refractivity contribution in [3.8, 4) is 5.75 Å². The molecule has 1 rings (SSSR count). The first kappa shape index (κ1) is 16.5.